The lowest BCUT2D eigenvalue weighted by molar-refractivity contribution is -0.385. The van der Waals surface area contributed by atoms with Gasteiger partial charge in [0, 0.05) is 23.3 Å². The largest absolute Gasteiger partial charge is 0.472 e. The summed E-state index contributed by atoms with van der Waals surface area (Å²) < 4.78 is 5.65. The van der Waals surface area contributed by atoms with Crippen LogP contribution in [-0.4, -0.2) is 21.6 Å². The summed E-state index contributed by atoms with van der Waals surface area (Å²) in [4.78, 5) is 18.8. The Bertz CT molecular complexity index is 824. The van der Waals surface area contributed by atoms with Crippen LogP contribution in [0.25, 0.3) is 0 Å². The van der Waals surface area contributed by atoms with E-state index in [0.29, 0.717) is 23.9 Å². The summed E-state index contributed by atoms with van der Waals surface area (Å²) in [5, 5.41) is 20.1. The van der Waals surface area contributed by atoms with Gasteiger partial charge in [0.2, 0.25) is 11.2 Å². The summed E-state index contributed by atoms with van der Waals surface area (Å²) in [6.45, 7) is -0.181. The molecule has 0 radical (unpaired) electrons. The first-order valence-corrected chi connectivity index (χ1v) is 7.26. The highest BCUT2D eigenvalue weighted by Gasteiger charge is 2.31. The molecule has 0 spiro atoms. The maximum Gasteiger partial charge on any atom is 0.278 e. The second kappa shape index (κ2) is 6.22. The maximum atomic E-state index is 11.0. The van der Waals surface area contributed by atoms with E-state index in [1.807, 2.05) is 0 Å². The summed E-state index contributed by atoms with van der Waals surface area (Å²) in [5.41, 5.74) is 1.88. The van der Waals surface area contributed by atoms with Crippen LogP contribution in [0.5, 0.6) is 5.88 Å². The number of nitro benzene ring substituents is 1. The van der Waals surface area contributed by atoms with E-state index in [9.17, 15) is 10.1 Å². The van der Waals surface area contributed by atoms with Crippen LogP contribution in [0.3, 0.4) is 0 Å². The molecule has 3 rings (SSSR count). The second-order valence-electron chi connectivity index (χ2n) is 5.13. The Morgan fingerprint density at radius 1 is 1.39 bits per heavy atom. The summed E-state index contributed by atoms with van der Waals surface area (Å²) in [6, 6.07) is 6.34. The molecule has 0 bridgehead atoms. The number of nitro groups is 1. The molecule has 7 nitrogen and oxygen atoms in total. The molecule has 0 fully saturated rings. The van der Waals surface area contributed by atoms with Gasteiger partial charge >= 0.3 is 0 Å². The van der Waals surface area contributed by atoms with Crippen molar-refractivity contribution in [2.75, 3.05) is 0 Å². The molecule has 0 saturated carbocycles. The van der Waals surface area contributed by atoms with Gasteiger partial charge in [-0.05, 0) is 30.3 Å². The number of benzene rings is 1. The lowest BCUT2D eigenvalue weighted by Gasteiger charge is -2.10. The summed E-state index contributed by atoms with van der Waals surface area (Å²) in [7, 11) is 0. The molecule has 0 amide bonds. The van der Waals surface area contributed by atoms with Crippen molar-refractivity contribution in [3.8, 4) is 11.8 Å². The van der Waals surface area contributed by atoms with Gasteiger partial charge < -0.3 is 4.74 Å². The molecule has 1 aliphatic heterocycles. The van der Waals surface area contributed by atoms with Crippen LogP contribution < -0.4 is 4.74 Å². The highest BCUT2D eigenvalue weighted by atomic mass is 35.5. The van der Waals surface area contributed by atoms with Crippen LogP contribution >= 0.6 is 11.6 Å². The highest BCUT2D eigenvalue weighted by Crippen LogP contribution is 2.29. The van der Waals surface area contributed by atoms with Crippen LogP contribution in [0.1, 0.15) is 16.8 Å². The minimum Gasteiger partial charge on any atom is -0.472 e. The molecular weight excluding hydrogens is 318 g/mol. The average molecular weight is 329 g/mol. The predicted molar refractivity (Wildman–Crippen MR) is 83.2 cm³/mol. The van der Waals surface area contributed by atoms with E-state index >= 15 is 0 Å². The quantitative estimate of drug-likeness (QED) is 0.369. The van der Waals surface area contributed by atoms with Crippen molar-refractivity contribution in [1.82, 2.24) is 9.97 Å². The first-order chi connectivity index (χ1) is 11.1. The fourth-order valence-corrected chi connectivity index (χ4v) is 2.75. The van der Waals surface area contributed by atoms with Crippen LogP contribution in [0, 0.1) is 21.3 Å². The SMILES string of the molecule is N#CB1Cc2nc(Cl)nc(OCc3ccccc3[N+](=O)[O-])c2C1. The standard InChI is InChI=1S/C14H10BClN4O3/c16-14-18-11-6-15(8-17)5-10(11)13(19-14)23-7-9-3-1-2-4-12(9)20(21)22/h1-4H,5-7H2. The van der Waals surface area contributed by atoms with Crippen LogP contribution in [0.2, 0.25) is 5.28 Å². The molecule has 0 unspecified atom stereocenters. The monoisotopic (exact) mass is 328 g/mol. The van der Waals surface area contributed by atoms with E-state index in [-0.39, 0.29) is 30.2 Å². The Hall–Kier alpha value is -2.66. The van der Waals surface area contributed by atoms with Gasteiger partial charge in [-0.2, -0.15) is 4.98 Å². The number of ether oxygens (including phenoxy) is 1. The highest BCUT2D eigenvalue weighted by molar-refractivity contribution is 6.67. The molecule has 1 aliphatic rings. The molecule has 114 valence electrons. The van der Waals surface area contributed by atoms with Crippen LogP contribution in [0.15, 0.2) is 24.3 Å². The van der Waals surface area contributed by atoms with Crippen molar-refractivity contribution in [2.24, 2.45) is 0 Å². The molecule has 0 atom stereocenters. The summed E-state index contributed by atoms with van der Waals surface area (Å²) in [6.07, 6.45) is 1.01. The normalized spacial score (nSPS) is 12.6. The number of para-hydroxylation sites is 1. The smallest absolute Gasteiger partial charge is 0.278 e. The van der Waals surface area contributed by atoms with Crippen molar-refractivity contribution in [2.45, 2.75) is 19.2 Å². The van der Waals surface area contributed by atoms with Gasteiger partial charge in [0.05, 0.1) is 10.5 Å². The van der Waals surface area contributed by atoms with Gasteiger partial charge in [0.1, 0.15) is 6.61 Å². The van der Waals surface area contributed by atoms with E-state index in [4.69, 9.17) is 21.6 Å². The first-order valence-electron chi connectivity index (χ1n) is 6.88. The van der Waals surface area contributed by atoms with E-state index < -0.39 is 4.92 Å². The fourth-order valence-electron chi connectivity index (χ4n) is 2.57. The van der Waals surface area contributed by atoms with Crippen molar-refractivity contribution in [1.29, 1.82) is 5.26 Å². The Balaban J connectivity index is 1.86. The van der Waals surface area contributed by atoms with E-state index in [2.05, 4.69) is 15.9 Å². The molecule has 1 aromatic heterocycles. The molecule has 1 aromatic carbocycles. The number of halogens is 1. The van der Waals surface area contributed by atoms with Gasteiger partial charge in [-0.25, -0.2) is 10.2 Å². The Kier molecular flexibility index (Phi) is 4.13. The molecule has 0 aliphatic carbocycles. The van der Waals surface area contributed by atoms with Crippen LogP contribution in [0.4, 0.5) is 5.69 Å². The Labute approximate surface area is 137 Å². The maximum absolute atomic E-state index is 11.0. The lowest BCUT2D eigenvalue weighted by Crippen LogP contribution is -2.10. The molecule has 0 saturated heterocycles. The van der Waals surface area contributed by atoms with E-state index in [0.717, 1.165) is 5.56 Å². The number of aromatic nitrogens is 2. The number of hydrogen-bond acceptors (Lipinski definition) is 6. The zero-order chi connectivity index (χ0) is 16.4. The van der Waals surface area contributed by atoms with Gasteiger partial charge in [-0.1, -0.05) is 12.1 Å². The number of hydrogen-bond donors (Lipinski definition) is 0. The van der Waals surface area contributed by atoms with E-state index in [1.54, 1.807) is 18.2 Å². The van der Waals surface area contributed by atoms with Crippen molar-refractivity contribution < 1.29 is 9.66 Å². The van der Waals surface area contributed by atoms with Gasteiger partial charge in [0.15, 0.2) is 0 Å². The molecule has 2 aromatic rings. The van der Waals surface area contributed by atoms with Crippen molar-refractivity contribution >= 4 is 24.0 Å². The topological polar surface area (TPSA) is 102 Å². The van der Waals surface area contributed by atoms with Gasteiger partial charge in [-0.15, -0.1) is 0 Å². The third-order valence-electron chi connectivity index (χ3n) is 3.65. The fraction of sp³-hybridized carbons (Fsp3) is 0.214. The third kappa shape index (κ3) is 3.10. The molecule has 0 N–H and O–H groups in total. The number of nitriles is 1. The Morgan fingerprint density at radius 3 is 2.91 bits per heavy atom. The molecule has 9 heteroatoms. The predicted octanol–water partition coefficient (Wildman–Crippen LogP) is 2.35. The zero-order valence-electron chi connectivity index (χ0n) is 11.9. The van der Waals surface area contributed by atoms with E-state index in [1.165, 1.54) is 6.07 Å². The average Bonchev–Trinajstić information content (AvgIpc) is 2.95. The molecule has 2 heterocycles. The third-order valence-corrected chi connectivity index (χ3v) is 3.82. The molecular formula is C14H10BClN4O3. The first kappa shape index (κ1) is 15.2. The lowest BCUT2D eigenvalue weighted by atomic mass is 9.49. The zero-order valence-corrected chi connectivity index (χ0v) is 12.7. The number of rotatable bonds is 4. The van der Waals surface area contributed by atoms with Crippen LogP contribution in [-0.2, 0) is 19.2 Å². The number of nitrogens with zero attached hydrogens (tertiary/aromatic N) is 4. The molecule has 23 heavy (non-hydrogen) atoms. The number of fused-ring (bicyclic) bond motifs is 1. The minimum atomic E-state index is -0.457. The second-order valence-corrected chi connectivity index (χ2v) is 5.47. The van der Waals surface area contributed by atoms with Gasteiger partial charge in [0.25, 0.3) is 12.4 Å². The minimum absolute atomic E-state index is 0.00580. The Morgan fingerprint density at radius 2 is 2.17 bits per heavy atom. The summed E-state index contributed by atoms with van der Waals surface area (Å²) >= 11 is 5.89. The summed E-state index contributed by atoms with van der Waals surface area (Å²) in [5.74, 6) is 2.49. The van der Waals surface area contributed by atoms with Crippen molar-refractivity contribution in [3.05, 3.63) is 56.5 Å². The van der Waals surface area contributed by atoms with Gasteiger partial charge in [-0.3, -0.25) is 10.1 Å². The van der Waals surface area contributed by atoms with Crippen molar-refractivity contribution in [3.63, 3.8) is 0 Å².